The molecule has 148 valence electrons. The van der Waals surface area contributed by atoms with Crippen molar-refractivity contribution in [2.45, 2.75) is 39.0 Å². The molecule has 1 atom stereocenters. The Hall–Kier alpha value is -2.74. The van der Waals surface area contributed by atoms with Crippen LogP contribution in [-0.2, 0) is 20.7 Å². The number of fused-ring (bicyclic) bond motifs is 1. The highest BCUT2D eigenvalue weighted by molar-refractivity contribution is 7.17. The van der Waals surface area contributed by atoms with E-state index in [0.29, 0.717) is 22.5 Å². The van der Waals surface area contributed by atoms with Crippen molar-refractivity contribution in [3.8, 4) is 0 Å². The third-order valence-corrected chi connectivity index (χ3v) is 5.67. The quantitative estimate of drug-likeness (QED) is 0.743. The molecule has 2 aromatic heterocycles. The number of esters is 2. The molecule has 0 saturated heterocycles. The Balaban J connectivity index is 2.02. The zero-order chi connectivity index (χ0) is 20.1. The van der Waals surface area contributed by atoms with E-state index in [4.69, 9.17) is 9.47 Å². The number of anilines is 1. The molecule has 3 rings (SSSR count). The molecule has 28 heavy (non-hydrogen) atoms. The maximum atomic E-state index is 12.7. The highest BCUT2D eigenvalue weighted by Gasteiger charge is 2.36. The van der Waals surface area contributed by atoms with Crippen LogP contribution in [0.4, 0.5) is 5.00 Å². The van der Waals surface area contributed by atoms with Crippen molar-refractivity contribution in [3.63, 3.8) is 0 Å². The van der Waals surface area contributed by atoms with Gasteiger partial charge in [0.15, 0.2) is 0 Å². The predicted octanol–water partition coefficient (Wildman–Crippen LogP) is 3.56. The van der Waals surface area contributed by atoms with Crippen LogP contribution in [-0.4, -0.2) is 36.0 Å². The second-order valence-corrected chi connectivity index (χ2v) is 7.36. The number of hydrogen-bond acceptors (Lipinski definition) is 7. The first-order valence-electron chi connectivity index (χ1n) is 9.27. The summed E-state index contributed by atoms with van der Waals surface area (Å²) in [5, 5.41) is 3.22. The van der Waals surface area contributed by atoms with Crippen molar-refractivity contribution in [2.24, 2.45) is 0 Å². The molecular formula is C20H22N2O5S. The fourth-order valence-corrected chi connectivity index (χ4v) is 4.59. The highest BCUT2D eigenvalue weighted by atomic mass is 32.1. The molecule has 1 N–H and O–H groups in total. The molecule has 1 aliphatic carbocycles. The van der Waals surface area contributed by atoms with Gasteiger partial charge in [0, 0.05) is 22.8 Å². The summed E-state index contributed by atoms with van der Waals surface area (Å²) in [5.74, 6) is -1.76. The molecule has 2 heterocycles. The number of nitrogens with one attached hydrogen (secondary N) is 1. The first-order valence-corrected chi connectivity index (χ1v) is 10.1. The molecule has 0 bridgehead atoms. The van der Waals surface area contributed by atoms with Crippen LogP contribution >= 0.6 is 11.3 Å². The molecule has 0 fully saturated rings. The van der Waals surface area contributed by atoms with Gasteiger partial charge in [-0.3, -0.25) is 14.6 Å². The summed E-state index contributed by atoms with van der Waals surface area (Å²) in [6.07, 6.45) is 5.21. The minimum atomic E-state index is -0.541. The molecule has 1 amide bonds. The lowest BCUT2D eigenvalue weighted by Crippen LogP contribution is -2.23. The molecule has 2 aromatic rings. The number of carbonyl (C=O) groups excluding carboxylic acids is 3. The van der Waals surface area contributed by atoms with E-state index in [9.17, 15) is 14.4 Å². The van der Waals surface area contributed by atoms with Gasteiger partial charge < -0.3 is 14.8 Å². The molecule has 1 aliphatic rings. The molecule has 0 spiro atoms. The zero-order valence-corrected chi connectivity index (χ0v) is 16.6. The van der Waals surface area contributed by atoms with Gasteiger partial charge in [-0.1, -0.05) is 0 Å². The third kappa shape index (κ3) is 4.06. The standard InChI is InChI=1S/C20H22N2O5S/c1-3-26-19(24)13-6-5-7-14-15(13)16(20(25)27-4-2)18(28-14)22-17(23)12-8-10-21-11-9-12/h8-11,13H,3-7H2,1-2H3,(H,22,23). The van der Waals surface area contributed by atoms with Crippen LogP contribution in [0.15, 0.2) is 24.5 Å². The topological polar surface area (TPSA) is 94.6 Å². The van der Waals surface area contributed by atoms with Crippen LogP contribution < -0.4 is 5.32 Å². The predicted molar refractivity (Wildman–Crippen MR) is 105 cm³/mol. The van der Waals surface area contributed by atoms with Crippen molar-refractivity contribution in [1.29, 1.82) is 0 Å². The monoisotopic (exact) mass is 402 g/mol. The summed E-state index contributed by atoms with van der Waals surface area (Å²) in [4.78, 5) is 42.6. The number of ether oxygens (including phenoxy) is 2. The number of hydrogen-bond donors (Lipinski definition) is 1. The van der Waals surface area contributed by atoms with Gasteiger partial charge in [0.05, 0.1) is 24.7 Å². The van der Waals surface area contributed by atoms with E-state index in [1.54, 1.807) is 26.0 Å². The first-order chi connectivity index (χ1) is 13.6. The average Bonchev–Trinajstić information content (AvgIpc) is 3.06. The molecular weight excluding hydrogens is 380 g/mol. The average molecular weight is 402 g/mol. The van der Waals surface area contributed by atoms with E-state index < -0.39 is 11.9 Å². The largest absolute Gasteiger partial charge is 0.466 e. The van der Waals surface area contributed by atoms with Gasteiger partial charge in [0.2, 0.25) is 0 Å². The number of thiophene rings is 1. The van der Waals surface area contributed by atoms with Gasteiger partial charge in [-0.15, -0.1) is 11.3 Å². The van der Waals surface area contributed by atoms with E-state index in [1.807, 2.05) is 0 Å². The Labute approximate surface area is 167 Å². The number of pyridine rings is 1. The Morgan fingerprint density at radius 1 is 1.18 bits per heavy atom. The molecule has 0 aliphatic heterocycles. The third-order valence-electron chi connectivity index (χ3n) is 4.49. The number of nitrogens with zero attached hydrogens (tertiary/aromatic N) is 1. The van der Waals surface area contributed by atoms with Gasteiger partial charge >= 0.3 is 11.9 Å². The number of rotatable bonds is 6. The van der Waals surface area contributed by atoms with E-state index in [2.05, 4.69) is 10.3 Å². The van der Waals surface area contributed by atoms with Gasteiger partial charge in [-0.05, 0) is 50.8 Å². The van der Waals surface area contributed by atoms with Crippen LogP contribution in [0.25, 0.3) is 0 Å². The summed E-state index contributed by atoms with van der Waals surface area (Å²) in [5.41, 5.74) is 1.33. The van der Waals surface area contributed by atoms with Crippen LogP contribution in [0.1, 0.15) is 63.8 Å². The van der Waals surface area contributed by atoms with Crippen molar-refractivity contribution < 1.29 is 23.9 Å². The molecule has 0 radical (unpaired) electrons. The Bertz CT molecular complexity index is 878. The van der Waals surface area contributed by atoms with Crippen molar-refractivity contribution in [2.75, 3.05) is 18.5 Å². The highest BCUT2D eigenvalue weighted by Crippen LogP contribution is 2.44. The number of amides is 1. The SMILES string of the molecule is CCOC(=O)c1c(NC(=O)c2ccncc2)sc2c1C(C(=O)OCC)CCC2. The van der Waals surface area contributed by atoms with Gasteiger partial charge in [-0.2, -0.15) is 0 Å². The summed E-state index contributed by atoms with van der Waals surface area (Å²) in [6.45, 7) is 3.94. The second-order valence-electron chi connectivity index (χ2n) is 6.25. The van der Waals surface area contributed by atoms with E-state index in [0.717, 1.165) is 17.7 Å². The van der Waals surface area contributed by atoms with Gasteiger partial charge in [-0.25, -0.2) is 4.79 Å². The minimum Gasteiger partial charge on any atom is -0.466 e. The Morgan fingerprint density at radius 3 is 2.57 bits per heavy atom. The second kappa shape index (κ2) is 8.97. The van der Waals surface area contributed by atoms with E-state index in [1.165, 1.54) is 23.7 Å². The van der Waals surface area contributed by atoms with Crippen LogP contribution in [0.2, 0.25) is 0 Å². The smallest absolute Gasteiger partial charge is 0.341 e. The fraction of sp³-hybridized carbons (Fsp3) is 0.400. The lowest BCUT2D eigenvalue weighted by atomic mass is 9.85. The van der Waals surface area contributed by atoms with Gasteiger partial charge in [0.25, 0.3) is 5.91 Å². The van der Waals surface area contributed by atoms with Crippen LogP contribution in [0, 0.1) is 0 Å². The summed E-state index contributed by atoms with van der Waals surface area (Å²) in [6, 6.07) is 3.18. The van der Waals surface area contributed by atoms with E-state index >= 15 is 0 Å². The normalized spacial score (nSPS) is 15.4. The summed E-state index contributed by atoms with van der Waals surface area (Å²) in [7, 11) is 0. The van der Waals surface area contributed by atoms with Crippen molar-refractivity contribution in [1.82, 2.24) is 4.98 Å². The number of carbonyl (C=O) groups is 3. The maximum absolute atomic E-state index is 12.7. The molecule has 0 aromatic carbocycles. The zero-order valence-electron chi connectivity index (χ0n) is 15.8. The fourth-order valence-electron chi connectivity index (χ4n) is 3.31. The maximum Gasteiger partial charge on any atom is 0.341 e. The Morgan fingerprint density at radius 2 is 1.89 bits per heavy atom. The van der Waals surface area contributed by atoms with Crippen LogP contribution in [0.3, 0.4) is 0 Å². The first kappa shape index (κ1) is 20.0. The lowest BCUT2D eigenvalue weighted by Gasteiger charge is -2.22. The molecule has 7 nitrogen and oxygen atoms in total. The molecule has 1 unspecified atom stereocenters. The summed E-state index contributed by atoms with van der Waals surface area (Å²) < 4.78 is 10.4. The number of aryl methyl sites for hydroxylation is 1. The molecule has 0 saturated carbocycles. The van der Waals surface area contributed by atoms with Crippen LogP contribution in [0.5, 0.6) is 0 Å². The number of aromatic nitrogens is 1. The lowest BCUT2D eigenvalue weighted by molar-refractivity contribution is -0.145. The minimum absolute atomic E-state index is 0.200. The van der Waals surface area contributed by atoms with E-state index in [-0.39, 0.29) is 30.7 Å². The van der Waals surface area contributed by atoms with Crippen molar-refractivity contribution >= 4 is 34.2 Å². The van der Waals surface area contributed by atoms with Crippen molar-refractivity contribution in [3.05, 3.63) is 46.1 Å². The summed E-state index contributed by atoms with van der Waals surface area (Å²) >= 11 is 1.32. The Kier molecular flexibility index (Phi) is 6.41. The molecule has 8 heteroatoms. The van der Waals surface area contributed by atoms with Gasteiger partial charge in [0.1, 0.15) is 5.00 Å².